The van der Waals surface area contributed by atoms with Gasteiger partial charge < -0.3 is 14.8 Å². The second-order valence-electron chi connectivity index (χ2n) is 5.97. The molecule has 8 nitrogen and oxygen atoms in total. The number of rotatable bonds is 7. The predicted octanol–water partition coefficient (Wildman–Crippen LogP) is 4.93. The van der Waals surface area contributed by atoms with Gasteiger partial charge in [0, 0.05) is 17.1 Å². The summed E-state index contributed by atoms with van der Waals surface area (Å²) in [6.07, 6.45) is 1.49. The van der Waals surface area contributed by atoms with Crippen molar-refractivity contribution in [3.63, 3.8) is 0 Å². The van der Waals surface area contributed by atoms with Gasteiger partial charge in [0.25, 0.3) is 0 Å². The lowest BCUT2D eigenvalue weighted by atomic mass is 10.2. The summed E-state index contributed by atoms with van der Waals surface area (Å²) in [5, 5.41) is 13.9. The Balaban J connectivity index is 1.58. The lowest BCUT2D eigenvalue weighted by Crippen LogP contribution is -2.03. The highest BCUT2D eigenvalue weighted by Gasteiger charge is 2.21. The molecule has 30 heavy (non-hydrogen) atoms. The Kier molecular flexibility index (Phi) is 6.11. The minimum absolute atomic E-state index is 0.327. The van der Waals surface area contributed by atoms with E-state index >= 15 is 0 Å². The SMILES string of the molecule is CCOC(=O)c1sc2ncnc(Sc3nnc(Nc4cccc(OC)c4)s3)c2c1C. The first-order chi connectivity index (χ1) is 14.6. The summed E-state index contributed by atoms with van der Waals surface area (Å²) in [6, 6.07) is 7.58. The molecule has 0 spiro atoms. The van der Waals surface area contributed by atoms with Crippen LogP contribution in [0.4, 0.5) is 10.8 Å². The number of carbonyl (C=O) groups is 1. The second kappa shape index (κ2) is 8.94. The number of hydrogen-bond acceptors (Lipinski definition) is 11. The molecule has 0 saturated heterocycles. The van der Waals surface area contributed by atoms with Crippen molar-refractivity contribution in [2.75, 3.05) is 19.0 Å². The standard InChI is InChI=1S/C19H17N5O3S3/c1-4-27-17(25)14-10(2)13-15(28-14)20-9-21-16(13)29-19-24-23-18(30-19)22-11-6-5-7-12(8-11)26-3/h5-9H,4H2,1-3H3,(H,22,23). The quantitative estimate of drug-likeness (QED) is 0.304. The van der Waals surface area contributed by atoms with Crippen LogP contribution in [0.1, 0.15) is 22.2 Å². The van der Waals surface area contributed by atoms with Crippen molar-refractivity contribution in [3.8, 4) is 5.75 Å². The van der Waals surface area contributed by atoms with E-state index < -0.39 is 0 Å². The third kappa shape index (κ3) is 4.23. The highest BCUT2D eigenvalue weighted by molar-refractivity contribution is 8.01. The zero-order chi connectivity index (χ0) is 21.1. The van der Waals surface area contributed by atoms with Gasteiger partial charge in [-0.15, -0.1) is 21.5 Å². The van der Waals surface area contributed by atoms with Crippen molar-refractivity contribution < 1.29 is 14.3 Å². The van der Waals surface area contributed by atoms with Gasteiger partial charge in [-0.05, 0) is 43.3 Å². The van der Waals surface area contributed by atoms with Gasteiger partial charge in [-0.25, -0.2) is 14.8 Å². The molecule has 0 unspecified atom stereocenters. The summed E-state index contributed by atoms with van der Waals surface area (Å²) in [5.41, 5.74) is 1.68. The van der Waals surface area contributed by atoms with Crippen LogP contribution in [-0.2, 0) is 4.74 Å². The van der Waals surface area contributed by atoms with E-state index in [1.54, 1.807) is 14.0 Å². The Morgan fingerprint density at radius 1 is 1.23 bits per heavy atom. The molecule has 4 rings (SSSR count). The molecule has 0 amide bonds. The smallest absolute Gasteiger partial charge is 0.348 e. The first-order valence-electron chi connectivity index (χ1n) is 8.92. The average molecular weight is 460 g/mol. The second-order valence-corrected chi connectivity index (χ2v) is 9.18. The number of nitrogens with one attached hydrogen (secondary N) is 1. The number of aryl methyl sites for hydroxylation is 1. The van der Waals surface area contributed by atoms with Crippen LogP contribution in [0.25, 0.3) is 10.2 Å². The summed E-state index contributed by atoms with van der Waals surface area (Å²) < 4.78 is 11.1. The lowest BCUT2D eigenvalue weighted by Gasteiger charge is -2.04. The molecule has 0 radical (unpaired) electrons. The molecule has 4 aromatic rings. The maximum Gasteiger partial charge on any atom is 0.348 e. The highest BCUT2D eigenvalue weighted by atomic mass is 32.2. The Labute approximate surface area is 184 Å². The molecule has 0 saturated carbocycles. The maximum absolute atomic E-state index is 12.2. The van der Waals surface area contributed by atoms with Crippen LogP contribution in [0.5, 0.6) is 5.75 Å². The number of hydrogen-bond donors (Lipinski definition) is 1. The molecule has 11 heteroatoms. The van der Waals surface area contributed by atoms with Gasteiger partial charge in [0.2, 0.25) is 5.13 Å². The van der Waals surface area contributed by atoms with Crippen LogP contribution in [0, 0.1) is 6.92 Å². The Morgan fingerprint density at radius 2 is 2.10 bits per heavy atom. The van der Waals surface area contributed by atoms with Gasteiger partial charge >= 0.3 is 5.97 Å². The summed E-state index contributed by atoms with van der Waals surface area (Å²) in [6.45, 7) is 4.00. The van der Waals surface area contributed by atoms with Crippen LogP contribution < -0.4 is 10.1 Å². The molecule has 154 valence electrons. The molecule has 3 heterocycles. The first kappa shape index (κ1) is 20.5. The fourth-order valence-corrected chi connectivity index (χ4v) is 5.66. The van der Waals surface area contributed by atoms with Crippen molar-refractivity contribution in [3.05, 3.63) is 41.0 Å². The number of methoxy groups -OCH3 is 1. The van der Waals surface area contributed by atoms with Crippen molar-refractivity contribution >= 4 is 61.4 Å². The number of ether oxygens (including phenoxy) is 2. The van der Waals surface area contributed by atoms with E-state index in [0.29, 0.717) is 16.6 Å². The van der Waals surface area contributed by atoms with Gasteiger partial charge in [0.05, 0.1) is 13.7 Å². The van der Waals surface area contributed by atoms with E-state index in [9.17, 15) is 4.79 Å². The van der Waals surface area contributed by atoms with E-state index in [1.807, 2.05) is 31.2 Å². The van der Waals surface area contributed by atoms with Crippen LogP contribution in [0.2, 0.25) is 0 Å². The fourth-order valence-electron chi connectivity index (χ4n) is 2.72. The molecule has 1 aromatic carbocycles. The minimum atomic E-state index is -0.338. The van der Waals surface area contributed by atoms with Crippen molar-refractivity contribution in [1.29, 1.82) is 0 Å². The van der Waals surface area contributed by atoms with Crippen molar-refractivity contribution in [2.24, 2.45) is 0 Å². The molecule has 0 aliphatic carbocycles. The molecule has 0 aliphatic rings. The van der Waals surface area contributed by atoms with Crippen molar-refractivity contribution in [2.45, 2.75) is 23.2 Å². The molecule has 3 aromatic heterocycles. The summed E-state index contributed by atoms with van der Waals surface area (Å²) >= 11 is 4.12. The molecule has 0 aliphatic heterocycles. The normalized spacial score (nSPS) is 10.9. The van der Waals surface area contributed by atoms with Crippen molar-refractivity contribution in [1.82, 2.24) is 20.2 Å². The van der Waals surface area contributed by atoms with Crippen LogP contribution in [0.15, 0.2) is 40.0 Å². The minimum Gasteiger partial charge on any atom is -0.497 e. The van der Waals surface area contributed by atoms with E-state index in [4.69, 9.17) is 9.47 Å². The lowest BCUT2D eigenvalue weighted by molar-refractivity contribution is 0.0531. The van der Waals surface area contributed by atoms with E-state index in [0.717, 1.165) is 36.6 Å². The number of esters is 1. The summed E-state index contributed by atoms with van der Waals surface area (Å²) in [4.78, 5) is 22.2. The van der Waals surface area contributed by atoms with E-state index in [2.05, 4.69) is 25.5 Å². The van der Waals surface area contributed by atoms with Crippen LogP contribution in [-0.4, -0.2) is 39.9 Å². The zero-order valence-corrected chi connectivity index (χ0v) is 18.8. The van der Waals surface area contributed by atoms with Crippen LogP contribution in [0.3, 0.4) is 0 Å². The Bertz CT molecular complexity index is 1210. The number of thiophene rings is 1. The zero-order valence-electron chi connectivity index (χ0n) is 16.3. The Morgan fingerprint density at radius 3 is 2.90 bits per heavy atom. The highest BCUT2D eigenvalue weighted by Crippen LogP contribution is 2.39. The largest absolute Gasteiger partial charge is 0.497 e. The van der Waals surface area contributed by atoms with Gasteiger partial charge in [0.1, 0.15) is 26.8 Å². The number of fused-ring (bicyclic) bond motifs is 1. The monoisotopic (exact) mass is 459 g/mol. The third-order valence-electron chi connectivity index (χ3n) is 4.06. The summed E-state index contributed by atoms with van der Waals surface area (Å²) in [7, 11) is 1.63. The number of benzene rings is 1. The third-order valence-corrected chi connectivity index (χ3v) is 7.14. The topological polar surface area (TPSA) is 99.1 Å². The number of carbonyl (C=O) groups excluding carboxylic acids is 1. The summed E-state index contributed by atoms with van der Waals surface area (Å²) in [5.74, 6) is 0.419. The van der Waals surface area contributed by atoms with Gasteiger partial charge in [-0.1, -0.05) is 17.4 Å². The van der Waals surface area contributed by atoms with Gasteiger partial charge in [0.15, 0.2) is 4.34 Å². The first-order valence-corrected chi connectivity index (χ1v) is 11.4. The van der Waals surface area contributed by atoms with Crippen LogP contribution >= 0.6 is 34.4 Å². The molecule has 0 bridgehead atoms. The molecule has 1 N–H and O–H groups in total. The number of aromatic nitrogens is 4. The van der Waals surface area contributed by atoms with Gasteiger partial charge in [-0.3, -0.25) is 0 Å². The maximum atomic E-state index is 12.2. The molecular weight excluding hydrogens is 442 g/mol. The molecule has 0 fully saturated rings. The van der Waals surface area contributed by atoms with E-state index in [1.165, 1.54) is 40.8 Å². The Hall–Kier alpha value is -2.76. The fraction of sp³-hybridized carbons (Fsp3) is 0.211. The average Bonchev–Trinajstić information content (AvgIpc) is 3.33. The van der Waals surface area contributed by atoms with Gasteiger partial charge in [-0.2, -0.15) is 0 Å². The number of anilines is 2. The predicted molar refractivity (Wildman–Crippen MR) is 118 cm³/mol. The molecule has 0 atom stereocenters. The molecular formula is C19H17N5O3S3. The van der Waals surface area contributed by atoms with E-state index in [-0.39, 0.29) is 5.97 Å². The number of nitrogens with zero attached hydrogens (tertiary/aromatic N) is 4.